The van der Waals surface area contributed by atoms with Crippen molar-refractivity contribution in [1.82, 2.24) is 5.32 Å². The lowest BCUT2D eigenvalue weighted by Crippen LogP contribution is -2.56. The maximum Gasteiger partial charge on any atom is 0.331 e. The number of thioether (sulfide) groups is 1. The van der Waals surface area contributed by atoms with Gasteiger partial charge in [-0.15, -0.1) is 0 Å². The maximum absolute atomic E-state index is 12.1. The van der Waals surface area contributed by atoms with Crippen LogP contribution in [0.5, 0.6) is 0 Å². The number of carbonyl (C=O) groups excluding carboxylic acids is 2. The van der Waals surface area contributed by atoms with Crippen molar-refractivity contribution in [2.75, 3.05) is 18.1 Å². The fourth-order valence-electron chi connectivity index (χ4n) is 2.44. The third-order valence-electron chi connectivity index (χ3n) is 3.43. The van der Waals surface area contributed by atoms with E-state index in [0.29, 0.717) is 25.9 Å². The average Bonchev–Trinajstić information content (AvgIpc) is 2.40. The topological polar surface area (TPSA) is 55.4 Å². The largest absolute Gasteiger partial charge is 0.464 e. The van der Waals surface area contributed by atoms with Crippen LogP contribution in [-0.4, -0.2) is 35.5 Å². The Labute approximate surface area is 120 Å². The van der Waals surface area contributed by atoms with Crippen LogP contribution in [0, 0.1) is 0 Å². The molecule has 0 aliphatic heterocycles. The van der Waals surface area contributed by atoms with Gasteiger partial charge in [-0.3, -0.25) is 4.79 Å². The third kappa shape index (κ3) is 5.05. The molecule has 0 unspecified atom stereocenters. The van der Waals surface area contributed by atoms with Gasteiger partial charge in [-0.05, 0) is 25.5 Å². The molecule has 0 radical (unpaired) electrons. The predicted molar refractivity (Wildman–Crippen MR) is 78.2 cm³/mol. The summed E-state index contributed by atoms with van der Waals surface area (Å²) in [6, 6.07) is 0. The highest BCUT2D eigenvalue weighted by Crippen LogP contribution is 2.29. The fourth-order valence-corrected chi connectivity index (χ4v) is 3.06. The van der Waals surface area contributed by atoms with Crippen LogP contribution in [0.3, 0.4) is 0 Å². The van der Waals surface area contributed by atoms with Gasteiger partial charge in [0.2, 0.25) is 5.91 Å². The molecule has 0 spiro atoms. The highest BCUT2D eigenvalue weighted by Gasteiger charge is 2.41. The Morgan fingerprint density at radius 1 is 1.21 bits per heavy atom. The van der Waals surface area contributed by atoms with Crippen LogP contribution in [0.25, 0.3) is 0 Å². The minimum absolute atomic E-state index is 0.0316. The molecular formula is C14H25NO3S. The lowest BCUT2D eigenvalue weighted by atomic mass is 9.81. The summed E-state index contributed by atoms with van der Waals surface area (Å²) in [5.74, 6) is 1.53. The summed E-state index contributed by atoms with van der Waals surface area (Å²) in [5, 5.41) is 2.95. The molecule has 0 saturated heterocycles. The second kappa shape index (κ2) is 8.46. The molecule has 1 fully saturated rings. The monoisotopic (exact) mass is 287 g/mol. The number of esters is 1. The van der Waals surface area contributed by atoms with Crippen molar-refractivity contribution in [3.8, 4) is 0 Å². The van der Waals surface area contributed by atoms with Gasteiger partial charge in [0.1, 0.15) is 5.54 Å². The number of hydrogen-bond acceptors (Lipinski definition) is 4. The van der Waals surface area contributed by atoms with Crippen LogP contribution in [0.15, 0.2) is 0 Å². The Morgan fingerprint density at radius 3 is 2.47 bits per heavy atom. The first kappa shape index (κ1) is 16.3. The van der Waals surface area contributed by atoms with E-state index in [1.807, 2.05) is 0 Å². The molecule has 0 heterocycles. The maximum atomic E-state index is 12.1. The zero-order chi connectivity index (χ0) is 14.1. The zero-order valence-corrected chi connectivity index (χ0v) is 12.8. The van der Waals surface area contributed by atoms with Crippen LogP contribution in [0.4, 0.5) is 0 Å². The fraction of sp³-hybridized carbons (Fsp3) is 0.857. The summed E-state index contributed by atoms with van der Waals surface area (Å²) in [4.78, 5) is 24.1. The molecule has 5 heteroatoms. The van der Waals surface area contributed by atoms with Crippen molar-refractivity contribution in [1.29, 1.82) is 0 Å². The van der Waals surface area contributed by atoms with E-state index in [1.165, 1.54) is 0 Å². The van der Waals surface area contributed by atoms with Crippen LogP contribution in [0.1, 0.15) is 52.4 Å². The van der Waals surface area contributed by atoms with E-state index >= 15 is 0 Å². The minimum atomic E-state index is -0.762. The van der Waals surface area contributed by atoms with E-state index in [-0.39, 0.29) is 11.9 Å². The summed E-state index contributed by atoms with van der Waals surface area (Å²) < 4.78 is 5.15. The van der Waals surface area contributed by atoms with E-state index in [2.05, 4.69) is 12.2 Å². The van der Waals surface area contributed by atoms with Crippen LogP contribution in [-0.2, 0) is 14.3 Å². The second-order valence-corrected chi connectivity index (χ2v) is 6.25. The van der Waals surface area contributed by atoms with Gasteiger partial charge in [-0.1, -0.05) is 26.2 Å². The number of carbonyl (C=O) groups is 2. The number of ether oxygens (including phenoxy) is 1. The Kier molecular flexibility index (Phi) is 7.28. The Hall–Kier alpha value is -0.710. The summed E-state index contributed by atoms with van der Waals surface area (Å²) in [7, 11) is 0. The molecule has 0 aromatic carbocycles. The molecule has 0 aromatic heterocycles. The summed E-state index contributed by atoms with van der Waals surface area (Å²) in [5.41, 5.74) is -0.762. The van der Waals surface area contributed by atoms with Crippen LogP contribution in [0.2, 0.25) is 0 Å². The summed E-state index contributed by atoms with van der Waals surface area (Å²) >= 11 is 1.74. The van der Waals surface area contributed by atoms with Gasteiger partial charge in [-0.25, -0.2) is 4.79 Å². The van der Waals surface area contributed by atoms with Gasteiger partial charge >= 0.3 is 5.97 Å². The summed E-state index contributed by atoms with van der Waals surface area (Å²) in [6.45, 7) is 4.24. The number of hydrogen-bond donors (Lipinski definition) is 1. The van der Waals surface area contributed by atoms with E-state index in [4.69, 9.17) is 4.74 Å². The average molecular weight is 287 g/mol. The van der Waals surface area contributed by atoms with Crippen molar-refractivity contribution < 1.29 is 14.3 Å². The normalized spacial score (nSPS) is 17.8. The molecule has 1 amide bonds. The molecule has 19 heavy (non-hydrogen) atoms. The SMILES string of the molecule is CCOC(=O)C1(NC(=O)CCSCC)CCCCC1. The lowest BCUT2D eigenvalue weighted by molar-refractivity contribution is -0.155. The summed E-state index contributed by atoms with van der Waals surface area (Å²) in [6.07, 6.45) is 4.96. The molecular weight excluding hydrogens is 262 g/mol. The van der Waals surface area contributed by atoms with Crippen LogP contribution >= 0.6 is 11.8 Å². The highest BCUT2D eigenvalue weighted by atomic mass is 32.2. The van der Waals surface area contributed by atoms with Gasteiger partial charge in [0.05, 0.1) is 6.61 Å². The molecule has 1 aliphatic rings. The molecule has 110 valence electrons. The van der Waals surface area contributed by atoms with Gasteiger partial charge in [0.15, 0.2) is 0 Å². The second-order valence-electron chi connectivity index (χ2n) is 4.86. The van der Waals surface area contributed by atoms with Crippen molar-refractivity contribution in [2.45, 2.75) is 57.9 Å². The number of rotatable bonds is 7. The smallest absolute Gasteiger partial charge is 0.331 e. The third-order valence-corrected chi connectivity index (χ3v) is 4.33. The molecule has 0 bridgehead atoms. The Bertz CT molecular complexity index is 301. The quantitative estimate of drug-likeness (QED) is 0.577. The standard InChI is InChI=1S/C14H25NO3S/c1-3-18-13(17)14(9-6-5-7-10-14)15-12(16)8-11-19-4-2/h3-11H2,1-2H3,(H,15,16). The number of nitrogens with one attached hydrogen (secondary N) is 1. The van der Waals surface area contributed by atoms with Gasteiger partial charge < -0.3 is 10.1 Å². The Balaban J connectivity index is 2.58. The van der Waals surface area contributed by atoms with Crippen molar-refractivity contribution in [2.24, 2.45) is 0 Å². The lowest BCUT2D eigenvalue weighted by Gasteiger charge is -2.35. The Morgan fingerprint density at radius 2 is 1.89 bits per heavy atom. The van der Waals surface area contributed by atoms with Crippen LogP contribution < -0.4 is 5.32 Å². The molecule has 1 aliphatic carbocycles. The van der Waals surface area contributed by atoms with Gasteiger partial charge in [0, 0.05) is 12.2 Å². The van der Waals surface area contributed by atoms with Crippen molar-refractivity contribution in [3.05, 3.63) is 0 Å². The first-order chi connectivity index (χ1) is 9.14. The number of amides is 1. The zero-order valence-electron chi connectivity index (χ0n) is 12.0. The van der Waals surface area contributed by atoms with E-state index in [0.717, 1.165) is 30.8 Å². The van der Waals surface area contributed by atoms with E-state index in [9.17, 15) is 9.59 Å². The van der Waals surface area contributed by atoms with Gasteiger partial charge in [0.25, 0.3) is 0 Å². The van der Waals surface area contributed by atoms with Crippen molar-refractivity contribution >= 4 is 23.6 Å². The van der Waals surface area contributed by atoms with E-state index < -0.39 is 5.54 Å². The minimum Gasteiger partial charge on any atom is -0.464 e. The first-order valence-electron chi connectivity index (χ1n) is 7.20. The molecule has 1 saturated carbocycles. The van der Waals surface area contributed by atoms with E-state index in [1.54, 1.807) is 18.7 Å². The van der Waals surface area contributed by atoms with Crippen molar-refractivity contribution in [3.63, 3.8) is 0 Å². The highest BCUT2D eigenvalue weighted by molar-refractivity contribution is 7.99. The predicted octanol–water partition coefficient (Wildman–Crippen LogP) is 2.51. The van der Waals surface area contributed by atoms with Gasteiger partial charge in [-0.2, -0.15) is 11.8 Å². The first-order valence-corrected chi connectivity index (χ1v) is 8.36. The molecule has 0 aromatic rings. The molecule has 1 rings (SSSR count). The molecule has 0 atom stereocenters. The molecule has 4 nitrogen and oxygen atoms in total. The molecule has 1 N–H and O–H groups in total.